The Labute approximate surface area is 218 Å². The number of benzene rings is 2. The summed E-state index contributed by atoms with van der Waals surface area (Å²) in [6.45, 7) is 5.15. The van der Waals surface area contributed by atoms with Crippen molar-refractivity contribution in [3.8, 4) is 16.9 Å². The molecule has 8 heteroatoms. The predicted octanol–water partition coefficient (Wildman–Crippen LogP) is 5.54. The van der Waals surface area contributed by atoms with Crippen LogP contribution in [0.15, 0.2) is 30.3 Å². The molecular formula is C29H38N2O6. The number of nitrogens with one attached hydrogen (secondary N) is 1. The Morgan fingerprint density at radius 2 is 1.76 bits per heavy atom. The van der Waals surface area contributed by atoms with E-state index in [0.717, 1.165) is 52.1 Å². The standard InChI is InChI=1S/C29H38N2O6/c1-19-13-21(17-25(14-19)35-3)26-20(2)15-23(16-22(26)18-37-24-7-5-6-8-24)30-29(27(32)33)9-11-31(12-10-29)28(34)36-4/h13-17,24,30H,5-12,18H2,1-4H3,(H,32,33). The summed E-state index contributed by atoms with van der Waals surface area (Å²) in [5, 5.41) is 13.5. The molecule has 8 nitrogen and oxygen atoms in total. The van der Waals surface area contributed by atoms with Gasteiger partial charge in [-0.1, -0.05) is 18.9 Å². The van der Waals surface area contributed by atoms with Gasteiger partial charge in [0.05, 0.1) is 26.9 Å². The molecule has 0 unspecified atom stereocenters. The number of aryl methyl sites for hydroxylation is 2. The number of hydrogen-bond acceptors (Lipinski definition) is 6. The van der Waals surface area contributed by atoms with Crippen molar-refractivity contribution >= 4 is 17.7 Å². The molecule has 2 aromatic carbocycles. The SMILES string of the molecule is COC(=O)N1CCC(Nc2cc(C)c(-c3cc(C)cc(OC)c3)c(COC3CCCC3)c2)(C(=O)O)CC1. The zero-order valence-corrected chi connectivity index (χ0v) is 22.3. The maximum Gasteiger partial charge on any atom is 0.409 e. The number of anilines is 1. The molecule has 2 aliphatic rings. The second-order valence-electron chi connectivity index (χ2n) is 10.3. The quantitative estimate of drug-likeness (QED) is 0.481. The molecule has 0 radical (unpaired) electrons. The van der Waals surface area contributed by atoms with E-state index in [2.05, 4.69) is 11.4 Å². The van der Waals surface area contributed by atoms with Crippen molar-refractivity contribution < 1.29 is 28.9 Å². The Bertz CT molecular complexity index is 1130. The topological polar surface area (TPSA) is 97.3 Å². The molecule has 1 heterocycles. The van der Waals surface area contributed by atoms with E-state index in [1.807, 2.05) is 38.1 Å². The number of carboxylic acid groups (broad SMARTS) is 1. The lowest BCUT2D eigenvalue weighted by atomic mass is 9.86. The number of hydrogen-bond donors (Lipinski definition) is 2. The lowest BCUT2D eigenvalue weighted by Gasteiger charge is -2.39. The van der Waals surface area contributed by atoms with Gasteiger partial charge >= 0.3 is 12.1 Å². The largest absolute Gasteiger partial charge is 0.497 e. The molecule has 1 amide bonds. The first-order valence-electron chi connectivity index (χ1n) is 13.0. The Morgan fingerprint density at radius 1 is 1.05 bits per heavy atom. The minimum absolute atomic E-state index is 0.254. The first kappa shape index (κ1) is 26.8. The minimum atomic E-state index is -1.17. The van der Waals surface area contributed by atoms with Crippen LogP contribution in [-0.2, 0) is 20.9 Å². The molecule has 2 N–H and O–H groups in total. The normalized spacial score (nSPS) is 17.5. The van der Waals surface area contributed by atoms with Gasteiger partial charge in [-0.15, -0.1) is 0 Å². The number of ether oxygens (including phenoxy) is 3. The second kappa shape index (κ2) is 11.4. The number of amides is 1. The Kier molecular flexibility index (Phi) is 8.27. The lowest BCUT2D eigenvalue weighted by Crippen LogP contribution is -2.55. The van der Waals surface area contributed by atoms with E-state index in [-0.39, 0.29) is 18.9 Å². The number of carbonyl (C=O) groups is 2. The van der Waals surface area contributed by atoms with Gasteiger partial charge in [-0.05, 0) is 91.6 Å². The number of carboxylic acids is 1. The van der Waals surface area contributed by atoms with Crippen molar-refractivity contribution in [1.82, 2.24) is 4.90 Å². The molecule has 4 rings (SSSR count). The van der Waals surface area contributed by atoms with Crippen molar-refractivity contribution in [3.05, 3.63) is 47.0 Å². The first-order valence-corrected chi connectivity index (χ1v) is 13.0. The van der Waals surface area contributed by atoms with Crippen LogP contribution in [0.4, 0.5) is 10.5 Å². The number of nitrogens with zero attached hydrogens (tertiary/aromatic N) is 1. The smallest absolute Gasteiger partial charge is 0.409 e. The summed E-state index contributed by atoms with van der Waals surface area (Å²) in [4.78, 5) is 25.9. The summed E-state index contributed by atoms with van der Waals surface area (Å²) in [5.74, 6) is -0.132. The fourth-order valence-corrected chi connectivity index (χ4v) is 5.60. The highest BCUT2D eigenvalue weighted by molar-refractivity contribution is 5.84. The van der Waals surface area contributed by atoms with Crippen LogP contribution in [0.1, 0.15) is 55.2 Å². The molecule has 1 aliphatic heterocycles. The molecule has 2 fully saturated rings. The van der Waals surface area contributed by atoms with E-state index in [1.165, 1.54) is 20.0 Å². The van der Waals surface area contributed by atoms with Gasteiger partial charge in [0.1, 0.15) is 11.3 Å². The Balaban J connectivity index is 1.67. The van der Waals surface area contributed by atoms with Gasteiger partial charge in [0.2, 0.25) is 0 Å². The van der Waals surface area contributed by atoms with Crippen LogP contribution in [0.2, 0.25) is 0 Å². The van der Waals surface area contributed by atoms with Crippen LogP contribution < -0.4 is 10.1 Å². The van der Waals surface area contributed by atoms with E-state index in [4.69, 9.17) is 14.2 Å². The molecule has 1 saturated carbocycles. The van der Waals surface area contributed by atoms with Crippen LogP contribution in [-0.4, -0.2) is 61.0 Å². The number of carbonyl (C=O) groups excluding carboxylic acids is 1. The highest BCUT2D eigenvalue weighted by Gasteiger charge is 2.43. The van der Waals surface area contributed by atoms with Gasteiger partial charge in [0.15, 0.2) is 0 Å². The van der Waals surface area contributed by atoms with Crippen molar-refractivity contribution in [3.63, 3.8) is 0 Å². The van der Waals surface area contributed by atoms with E-state index in [0.29, 0.717) is 19.7 Å². The highest BCUT2D eigenvalue weighted by Crippen LogP contribution is 2.37. The van der Waals surface area contributed by atoms with Gasteiger partial charge < -0.3 is 29.5 Å². The van der Waals surface area contributed by atoms with Crippen LogP contribution in [0, 0.1) is 13.8 Å². The van der Waals surface area contributed by atoms with Crippen molar-refractivity contribution in [2.24, 2.45) is 0 Å². The minimum Gasteiger partial charge on any atom is -0.497 e. The summed E-state index contributed by atoms with van der Waals surface area (Å²) in [6.07, 6.45) is 4.91. The predicted molar refractivity (Wildman–Crippen MR) is 142 cm³/mol. The zero-order chi connectivity index (χ0) is 26.6. The highest BCUT2D eigenvalue weighted by atomic mass is 16.5. The number of rotatable bonds is 8. The number of methoxy groups -OCH3 is 2. The fraction of sp³-hybridized carbons (Fsp3) is 0.517. The molecule has 0 aromatic heterocycles. The average molecular weight is 511 g/mol. The van der Waals surface area contributed by atoms with Crippen LogP contribution in [0.5, 0.6) is 5.75 Å². The Hall–Kier alpha value is -3.26. The van der Waals surface area contributed by atoms with E-state index < -0.39 is 17.6 Å². The lowest BCUT2D eigenvalue weighted by molar-refractivity contribution is -0.144. The first-order chi connectivity index (χ1) is 17.7. The molecule has 200 valence electrons. The van der Waals surface area contributed by atoms with Crippen LogP contribution in [0.3, 0.4) is 0 Å². The molecular weight excluding hydrogens is 472 g/mol. The van der Waals surface area contributed by atoms with Gasteiger partial charge in [0.25, 0.3) is 0 Å². The third-order valence-corrected chi connectivity index (χ3v) is 7.61. The molecule has 2 aromatic rings. The van der Waals surface area contributed by atoms with E-state index in [9.17, 15) is 14.7 Å². The monoisotopic (exact) mass is 510 g/mol. The molecule has 0 atom stereocenters. The van der Waals surface area contributed by atoms with E-state index >= 15 is 0 Å². The summed E-state index contributed by atoms with van der Waals surface area (Å²) in [6, 6.07) is 10.2. The Morgan fingerprint density at radius 3 is 2.38 bits per heavy atom. The molecule has 0 bridgehead atoms. The molecule has 1 aliphatic carbocycles. The maximum absolute atomic E-state index is 12.5. The number of aliphatic carboxylic acids is 1. The molecule has 0 spiro atoms. The van der Waals surface area contributed by atoms with Crippen LogP contribution >= 0.6 is 0 Å². The van der Waals surface area contributed by atoms with Crippen molar-refractivity contribution in [2.75, 3.05) is 32.6 Å². The maximum atomic E-state index is 12.5. The number of likely N-dealkylation sites (tertiary alicyclic amines) is 1. The van der Waals surface area contributed by atoms with Gasteiger partial charge in [-0.2, -0.15) is 0 Å². The van der Waals surface area contributed by atoms with Gasteiger partial charge in [-0.25, -0.2) is 9.59 Å². The summed E-state index contributed by atoms with van der Waals surface area (Å²) < 4.78 is 16.7. The summed E-state index contributed by atoms with van der Waals surface area (Å²) >= 11 is 0. The third-order valence-electron chi connectivity index (χ3n) is 7.61. The van der Waals surface area contributed by atoms with Gasteiger partial charge in [-0.3, -0.25) is 0 Å². The summed E-state index contributed by atoms with van der Waals surface area (Å²) in [7, 11) is 3.00. The van der Waals surface area contributed by atoms with Crippen molar-refractivity contribution in [2.45, 2.75) is 70.6 Å². The third kappa shape index (κ3) is 6.01. The van der Waals surface area contributed by atoms with Crippen molar-refractivity contribution in [1.29, 1.82) is 0 Å². The molecule has 1 saturated heterocycles. The van der Waals surface area contributed by atoms with E-state index in [1.54, 1.807) is 12.0 Å². The zero-order valence-electron chi connectivity index (χ0n) is 22.3. The molecule has 37 heavy (non-hydrogen) atoms. The summed E-state index contributed by atoms with van der Waals surface area (Å²) in [5.41, 5.74) is 4.82. The van der Waals surface area contributed by atoms with Crippen LogP contribution in [0.25, 0.3) is 11.1 Å². The number of piperidine rings is 1. The van der Waals surface area contributed by atoms with Gasteiger partial charge in [0, 0.05) is 18.8 Å². The fourth-order valence-electron chi connectivity index (χ4n) is 5.60. The second-order valence-corrected chi connectivity index (χ2v) is 10.3. The average Bonchev–Trinajstić information content (AvgIpc) is 3.40.